The Labute approximate surface area is 232 Å². The van der Waals surface area contributed by atoms with E-state index in [0.29, 0.717) is 68.2 Å². The minimum absolute atomic E-state index is 0.112. The number of nitrogens with zero attached hydrogens (tertiary/aromatic N) is 1. The first-order chi connectivity index (χ1) is 18.9. The van der Waals surface area contributed by atoms with Crippen molar-refractivity contribution in [2.24, 2.45) is 5.92 Å². The van der Waals surface area contributed by atoms with Gasteiger partial charge in [0.2, 0.25) is 0 Å². The number of unbranched alkanes of at least 4 members (excludes halogenated alkanes) is 2. The molecule has 4 rings (SSSR count). The number of ketones is 2. The number of fused-ring (bicyclic) bond motifs is 1. The lowest BCUT2D eigenvalue weighted by Crippen LogP contribution is -2.39. The fourth-order valence-corrected chi connectivity index (χ4v) is 5.77. The van der Waals surface area contributed by atoms with Gasteiger partial charge in [0.15, 0.2) is 17.3 Å². The molecule has 2 heterocycles. The van der Waals surface area contributed by atoms with Crippen molar-refractivity contribution in [1.82, 2.24) is 4.90 Å². The molecular formula is C32H43NO6. The van der Waals surface area contributed by atoms with Crippen molar-refractivity contribution in [2.45, 2.75) is 83.4 Å². The number of likely N-dealkylation sites (tertiary alicyclic amines) is 1. The van der Waals surface area contributed by atoms with E-state index in [9.17, 15) is 14.7 Å². The van der Waals surface area contributed by atoms with Gasteiger partial charge in [-0.2, -0.15) is 0 Å². The van der Waals surface area contributed by atoms with Crippen LogP contribution >= 0.6 is 0 Å². The molecule has 2 aliphatic rings. The Morgan fingerprint density at radius 1 is 0.949 bits per heavy atom. The van der Waals surface area contributed by atoms with Gasteiger partial charge in [-0.25, -0.2) is 0 Å². The first kappa shape index (κ1) is 29.1. The fraction of sp³-hybridized carbons (Fsp3) is 0.562. The quantitative estimate of drug-likeness (QED) is 0.241. The molecule has 0 bridgehead atoms. The van der Waals surface area contributed by atoms with E-state index in [1.165, 1.54) is 0 Å². The predicted octanol–water partition coefficient (Wildman–Crippen LogP) is 5.78. The molecule has 2 aliphatic heterocycles. The molecule has 1 N–H and O–H groups in total. The van der Waals surface area contributed by atoms with Crippen LogP contribution in [0.5, 0.6) is 17.2 Å². The Kier molecular flexibility index (Phi) is 10.4. The van der Waals surface area contributed by atoms with Crippen molar-refractivity contribution in [2.75, 3.05) is 26.9 Å². The third-order valence-electron chi connectivity index (χ3n) is 8.20. The van der Waals surface area contributed by atoms with Crippen molar-refractivity contribution >= 4 is 11.6 Å². The minimum atomic E-state index is -0.771. The zero-order valence-corrected chi connectivity index (χ0v) is 23.6. The van der Waals surface area contributed by atoms with Crippen LogP contribution in [0.2, 0.25) is 0 Å². The van der Waals surface area contributed by atoms with Gasteiger partial charge in [0.1, 0.15) is 24.7 Å². The molecule has 0 spiro atoms. The highest BCUT2D eigenvalue weighted by Gasteiger charge is 2.33. The van der Waals surface area contributed by atoms with Crippen LogP contribution in [0.15, 0.2) is 42.5 Å². The normalized spacial score (nSPS) is 20.4. The van der Waals surface area contributed by atoms with Gasteiger partial charge in [0.25, 0.3) is 0 Å². The largest absolute Gasteiger partial charge is 0.497 e. The number of rotatable bonds is 14. The van der Waals surface area contributed by atoms with E-state index in [-0.39, 0.29) is 17.5 Å². The molecule has 1 saturated heterocycles. The monoisotopic (exact) mass is 537 g/mol. The molecule has 0 aliphatic carbocycles. The van der Waals surface area contributed by atoms with Crippen molar-refractivity contribution in [3.8, 4) is 17.2 Å². The second-order valence-corrected chi connectivity index (χ2v) is 11.0. The van der Waals surface area contributed by atoms with E-state index in [0.717, 1.165) is 43.4 Å². The molecule has 0 saturated carbocycles. The number of carbonyl (C=O) groups is 2. The summed E-state index contributed by atoms with van der Waals surface area (Å²) in [4.78, 5) is 28.0. The summed E-state index contributed by atoms with van der Waals surface area (Å²) in [5, 5.41) is 11.5. The van der Waals surface area contributed by atoms with Crippen molar-refractivity contribution in [3.63, 3.8) is 0 Å². The highest BCUT2D eigenvalue weighted by Crippen LogP contribution is 2.37. The Morgan fingerprint density at radius 2 is 1.62 bits per heavy atom. The molecular weight excluding hydrogens is 494 g/mol. The van der Waals surface area contributed by atoms with Crippen LogP contribution in [0.25, 0.3) is 0 Å². The highest BCUT2D eigenvalue weighted by molar-refractivity contribution is 5.96. The summed E-state index contributed by atoms with van der Waals surface area (Å²) in [5.74, 6) is 2.14. The molecule has 1 fully saturated rings. The summed E-state index contributed by atoms with van der Waals surface area (Å²) >= 11 is 0. The summed E-state index contributed by atoms with van der Waals surface area (Å²) < 4.78 is 16.5. The van der Waals surface area contributed by atoms with Gasteiger partial charge in [-0.1, -0.05) is 12.5 Å². The summed E-state index contributed by atoms with van der Waals surface area (Å²) in [7, 11) is 1.60. The van der Waals surface area contributed by atoms with Gasteiger partial charge in [-0.05, 0) is 81.5 Å². The SMILES string of the molecule is COc1ccc(C(=O)CCCCCC(=O)CC(CN2[C@H](C)CC[C@H]2C)[C@H](O)c2ccc3c(c2)OCCO3)cc1. The molecule has 1 unspecified atom stereocenters. The van der Waals surface area contributed by atoms with E-state index < -0.39 is 6.10 Å². The molecule has 0 amide bonds. The van der Waals surface area contributed by atoms with E-state index >= 15 is 0 Å². The molecule has 212 valence electrons. The van der Waals surface area contributed by atoms with Crippen molar-refractivity contribution in [1.29, 1.82) is 0 Å². The van der Waals surface area contributed by atoms with Crippen molar-refractivity contribution in [3.05, 3.63) is 53.6 Å². The number of benzene rings is 2. The minimum Gasteiger partial charge on any atom is -0.497 e. The van der Waals surface area contributed by atoms with Gasteiger partial charge < -0.3 is 19.3 Å². The molecule has 7 nitrogen and oxygen atoms in total. The van der Waals surface area contributed by atoms with Crippen LogP contribution in [-0.4, -0.2) is 60.5 Å². The lowest BCUT2D eigenvalue weighted by atomic mass is 9.88. The smallest absolute Gasteiger partial charge is 0.162 e. The second kappa shape index (κ2) is 13.9. The molecule has 39 heavy (non-hydrogen) atoms. The number of ether oxygens (including phenoxy) is 3. The van der Waals surface area contributed by atoms with E-state index in [1.54, 1.807) is 31.4 Å². The van der Waals surface area contributed by atoms with Gasteiger partial charge >= 0.3 is 0 Å². The Bertz CT molecular complexity index is 1090. The van der Waals surface area contributed by atoms with Crippen LogP contribution in [0.1, 0.15) is 87.2 Å². The third kappa shape index (κ3) is 7.83. The first-order valence-electron chi connectivity index (χ1n) is 14.4. The summed E-state index contributed by atoms with van der Waals surface area (Å²) in [5.41, 5.74) is 1.45. The molecule has 2 aromatic rings. The molecule has 4 atom stereocenters. The number of methoxy groups -OCH3 is 1. The predicted molar refractivity (Wildman–Crippen MR) is 151 cm³/mol. The summed E-state index contributed by atoms with van der Waals surface area (Å²) in [6.07, 6.45) is 5.09. The molecule has 7 heteroatoms. The van der Waals surface area contributed by atoms with Crippen LogP contribution in [-0.2, 0) is 4.79 Å². The van der Waals surface area contributed by atoms with Crippen LogP contribution < -0.4 is 14.2 Å². The Hall–Kier alpha value is -2.90. The van der Waals surface area contributed by atoms with Gasteiger partial charge in [0.05, 0.1) is 13.2 Å². The molecule has 0 aromatic heterocycles. The zero-order valence-electron chi connectivity index (χ0n) is 23.6. The maximum atomic E-state index is 13.1. The van der Waals surface area contributed by atoms with Gasteiger partial charge in [-0.3, -0.25) is 14.5 Å². The number of hydrogen-bond acceptors (Lipinski definition) is 7. The van der Waals surface area contributed by atoms with E-state index in [4.69, 9.17) is 14.2 Å². The van der Waals surface area contributed by atoms with Crippen molar-refractivity contribution < 1.29 is 28.9 Å². The van der Waals surface area contributed by atoms with Gasteiger partial charge in [0, 0.05) is 49.4 Å². The number of carbonyl (C=O) groups excluding carboxylic acids is 2. The average molecular weight is 538 g/mol. The van der Waals surface area contributed by atoms with Crippen LogP contribution in [0, 0.1) is 5.92 Å². The number of aliphatic hydroxyl groups is 1. The lowest BCUT2D eigenvalue weighted by molar-refractivity contribution is -0.121. The average Bonchev–Trinajstić information content (AvgIpc) is 3.28. The van der Waals surface area contributed by atoms with E-state index in [2.05, 4.69) is 18.7 Å². The first-order valence-corrected chi connectivity index (χ1v) is 14.4. The lowest BCUT2D eigenvalue weighted by Gasteiger charge is -2.33. The maximum Gasteiger partial charge on any atom is 0.162 e. The highest BCUT2D eigenvalue weighted by atomic mass is 16.6. The number of hydrogen-bond donors (Lipinski definition) is 1. The topological polar surface area (TPSA) is 85.3 Å². The second-order valence-electron chi connectivity index (χ2n) is 11.0. The van der Waals surface area contributed by atoms with Crippen LogP contribution in [0.4, 0.5) is 0 Å². The molecule has 0 radical (unpaired) electrons. The summed E-state index contributed by atoms with van der Waals surface area (Å²) in [6, 6.07) is 13.6. The van der Waals surface area contributed by atoms with Gasteiger partial charge in [-0.15, -0.1) is 0 Å². The zero-order chi connectivity index (χ0) is 27.8. The Morgan fingerprint density at radius 3 is 2.31 bits per heavy atom. The van der Waals surface area contributed by atoms with Crippen LogP contribution in [0.3, 0.4) is 0 Å². The number of Topliss-reactive ketones (excluding diaryl/α,β-unsaturated/α-hetero) is 2. The standard InChI is InChI=1S/C32H43NO6/c1-22-9-10-23(2)33(22)21-26(32(36)25-13-16-30-31(20-25)39-18-17-38-30)19-27(34)7-5-4-6-8-29(35)24-11-14-28(37-3)15-12-24/h11-16,20,22-23,26,32,36H,4-10,17-19,21H2,1-3H3/t22-,23-,26?,32-/m1/s1. The summed E-state index contributed by atoms with van der Waals surface area (Å²) in [6.45, 7) is 6.15. The fourth-order valence-electron chi connectivity index (χ4n) is 5.77. The Balaban J connectivity index is 1.30. The van der Waals surface area contributed by atoms with E-state index in [1.807, 2.05) is 18.2 Å². The number of aliphatic hydroxyl groups excluding tert-OH is 1. The maximum absolute atomic E-state index is 13.1. The molecule has 2 aromatic carbocycles. The third-order valence-corrected chi connectivity index (χ3v) is 8.20.